The molecule has 0 radical (unpaired) electrons. The van der Waals surface area contributed by atoms with E-state index in [9.17, 15) is 14.0 Å². The fourth-order valence-corrected chi connectivity index (χ4v) is 4.58. The Morgan fingerprint density at radius 1 is 1.15 bits per heavy atom. The predicted molar refractivity (Wildman–Crippen MR) is 97.1 cm³/mol. The molecule has 3 aliphatic heterocycles. The van der Waals surface area contributed by atoms with Gasteiger partial charge in [0.05, 0.1) is 0 Å². The Bertz CT molecular complexity index is 862. The minimum absolute atomic E-state index is 0.146. The third-order valence-corrected chi connectivity index (χ3v) is 6.08. The van der Waals surface area contributed by atoms with Crippen LogP contribution in [0.1, 0.15) is 32.9 Å². The minimum Gasteiger partial charge on any atom is -0.477 e. The first kappa shape index (κ1) is 17.2. The summed E-state index contributed by atoms with van der Waals surface area (Å²) in [5.74, 6) is -1.22. The highest BCUT2D eigenvalue weighted by Crippen LogP contribution is 2.30. The van der Waals surface area contributed by atoms with Crippen molar-refractivity contribution >= 4 is 23.2 Å². The number of nitrogens with zero attached hydrogens (tertiary/aromatic N) is 1. The number of benzene rings is 1. The van der Waals surface area contributed by atoms with Gasteiger partial charge in [0, 0.05) is 24.7 Å². The Morgan fingerprint density at radius 3 is 2.77 bits per heavy atom. The molecule has 1 amide bonds. The number of hydrogen-bond donors (Lipinski definition) is 2. The summed E-state index contributed by atoms with van der Waals surface area (Å²) >= 11 is 1.09. The topological polar surface area (TPSA) is 69.6 Å². The molecule has 3 aliphatic rings. The molecule has 2 N–H and O–H groups in total. The number of rotatable bonds is 3. The summed E-state index contributed by atoms with van der Waals surface area (Å²) in [6.45, 7) is 2.39. The lowest BCUT2D eigenvalue weighted by Gasteiger charge is -2.36. The molecule has 3 fully saturated rings. The van der Waals surface area contributed by atoms with Crippen LogP contribution in [0.5, 0.6) is 0 Å². The predicted octanol–water partition coefficient (Wildman–Crippen LogP) is 3.08. The number of piperidine rings is 1. The highest BCUT2D eigenvalue weighted by atomic mass is 32.1. The van der Waals surface area contributed by atoms with E-state index in [1.54, 1.807) is 11.4 Å². The van der Waals surface area contributed by atoms with E-state index in [1.165, 1.54) is 18.2 Å². The van der Waals surface area contributed by atoms with Crippen LogP contribution in [0.15, 0.2) is 29.6 Å². The molecule has 0 aliphatic carbocycles. The Hall–Kier alpha value is -2.25. The van der Waals surface area contributed by atoms with Crippen molar-refractivity contribution in [3.05, 3.63) is 45.9 Å². The van der Waals surface area contributed by atoms with Gasteiger partial charge in [-0.1, -0.05) is 0 Å². The maximum atomic E-state index is 14.2. The average Bonchev–Trinajstić information content (AvgIpc) is 2.91. The van der Waals surface area contributed by atoms with Gasteiger partial charge in [-0.25, -0.2) is 9.18 Å². The number of amides is 1. The largest absolute Gasteiger partial charge is 0.477 e. The Morgan fingerprint density at radius 2 is 2.00 bits per heavy atom. The summed E-state index contributed by atoms with van der Waals surface area (Å²) in [6.07, 6.45) is 2.08. The van der Waals surface area contributed by atoms with Crippen LogP contribution in [0.4, 0.5) is 4.39 Å². The molecule has 0 spiro atoms. The summed E-state index contributed by atoms with van der Waals surface area (Å²) < 4.78 is 14.2. The smallest absolute Gasteiger partial charge is 0.345 e. The van der Waals surface area contributed by atoms with Crippen molar-refractivity contribution in [1.29, 1.82) is 0 Å². The summed E-state index contributed by atoms with van der Waals surface area (Å²) in [4.78, 5) is 26.2. The molecule has 1 aromatic heterocycles. The van der Waals surface area contributed by atoms with Crippen molar-refractivity contribution in [2.24, 2.45) is 5.92 Å². The third-order valence-electron chi connectivity index (χ3n) is 5.17. The molecule has 2 aromatic rings. The minimum atomic E-state index is -1.01. The van der Waals surface area contributed by atoms with E-state index in [-0.39, 0.29) is 16.8 Å². The van der Waals surface area contributed by atoms with E-state index in [1.807, 2.05) is 4.90 Å². The standard InChI is InChI=1S/C19H19FN2O3S/c20-15-4-12(14-6-17(19(24)25)26-10-14)3-13(5-15)18(23)22-9-11-1-2-16(22)8-21-7-11/h3-6,10-11,16,21H,1-2,7-9H2,(H,24,25)/t11-,16+/m1/s1. The van der Waals surface area contributed by atoms with Gasteiger partial charge in [-0.05, 0) is 66.1 Å². The second-order valence-electron chi connectivity index (χ2n) is 6.95. The first-order valence-corrected chi connectivity index (χ1v) is 9.53. The Kier molecular flexibility index (Phi) is 4.50. The highest BCUT2D eigenvalue weighted by Gasteiger charge is 2.34. The van der Waals surface area contributed by atoms with Gasteiger partial charge in [-0.3, -0.25) is 4.79 Å². The van der Waals surface area contributed by atoms with Crippen molar-refractivity contribution < 1.29 is 19.1 Å². The number of thiophene rings is 1. The molecule has 1 aromatic carbocycles. The van der Waals surface area contributed by atoms with Crippen molar-refractivity contribution in [2.45, 2.75) is 18.9 Å². The lowest BCUT2D eigenvalue weighted by Crippen LogP contribution is -2.47. The molecule has 0 unspecified atom stereocenters. The van der Waals surface area contributed by atoms with Crippen LogP contribution < -0.4 is 5.32 Å². The highest BCUT2D eigenvalue weighted by molar-refractivity contribution is 7.12. The van der Waals surface area contributed by atoms with Gasteiger partial charge in [-0.2, -0.15) is 0 Å². The number of carbonyl (C=O) groups is 2. The second-order valence-corrected chi connectivity index (χ2v) is 7.86. The number of hydrogen-bond acceptors (Lipinski definition) is 4. The molecule has 7 heteroatoms. The van der Waals surface area contributed by atoms with E-state index in [4.69, 9.17) is 5.11 Å². The quantitative estimate of drug-likeness (QED) is 0.866. The normalized spacial score (nSPS) is 22.3. The number of carboxylic acids is 1. The van der Waals surface area contributed by atoms with Crippen molar-refractivity contribution in [1.82, 2.24) is 10.2 Å². The number of fused-ring (bicyclic) bond motifs is 4. The van der Waals surface area contributed by atoms with Gasteiger partial charge in [0.15, 0.2) is 0 Å². The number of nitrogens with one attached hydrogen (secondary N) is 1. The number of carboxylic acid groups (broad SMARTS) is 1. The molecule has 136 valence electrons. The third kappa shape index (κ3) is 3.24. The van der Waals surface area contributed by atoms with Crippen LogP contribution in [-0.4, -0.2) is 47.6 Å². The summed E-state index contributed by atoms with van der Waals surface area (Å²) in [6, 6.07) is 5.91. The maximum absolute atomic E-state index is 14.2. The lowest BCUT2D eigenvalue weighted by molar-refractivity contribution is 0.0590. The van der Waals surface area contributed by atoms with Gasteiger partial charge < -0.3 is 15.3 Å². The van der Waals surface area contributed by atoms with Crippen LogP contribution in [-0.2, 0) is 0 Å². The molecule has 0 saturated carbocycles. The second kappa shape index (κ2) is 6.81. The Balaban J connectivity index is 1.65. The summed E-state index contributed by atoms with van der Waals surface area (Å²) in [7, 11) is 0. The van der Waals surface area contributed by atoms with E-state index in [2.05, 4.69) is 5.32 Å². The maximum Gasteiger partial charge on any atom is 0.345 e. The number of aromatic carboxylic acids is 1. The molecule has 26 heavy (non-hydrogen) atoms. The Labute approximate surface area is 154 Å². The molecule has 5 rings (SSSR count). The molecular weight excluding hydrogens is 355 g/mol. The number of halogens is 1. The van der Waals surface area contributed by atoms with Crippen LogP contribution in [0, 0.1) is 11.7 Å². The van der Waals surface area contributed by atoms with Crippen molar-refractivity contribution in [2.75, 3.05) is 19.6 Å². The van der Waals surface area contributed by atoms with Gasteiger partial charge >= 0.3 is 5.97 Å². The molecule has 4 heterocycles. The zero-order valence-corrected chi connectivity index (χ0v) is 14.9. The molecule has 3 saturated heterocycles. The van der Waals surface area contributed by atoms with Gasteiger partial charge in [-0.15, -0.1) is 11.3 Å². The first-order chi connectivity index (χ1) is 12.5. The molecular formula is C19H19FN2O3S. The van der Waals surface area contributed by atoms with Gasteiger partial charge in [0.2, 0.25) is 0 Å². The summed E-state index contributed by atoms with van der Waals surface area (Å²) in [5, 5.41) is 14.1. The van der Waals surface area contributed by atoms with Crippen LogP contribution in [0.2, 0.25) is 0 Å². The van der Waals surface area contributed by atoms with E-state index >= 15 is 0 Å². The van der Waals surface area contributed by atoms with E-state index in [0.29, 0.717) is 29.2 Å². The van der Waals surface area contributed by atoms with Crippen LogP contribution in [0.3, 0.4) is 0 Å². The SMILES string of the molecule is O=C(O)c1cc(-c2cc(F)cc(C(=O)N3C[C@@H]4CC[C@H]3CNC4)c2)cs1. The fraction of sp³-hybridized carbons (Fsp3) is 0.368. The molecule has 2 bridgehead atoms. The van der Waals surface area contributed by atoms with E-state index in [0.717, 1.165) is 37.3 Å². The monoisotopic (exact) mass is 374 g/mol. The lowest BCUT2D eigenvalue weighted by atomic mass is 9.94. The van der Waals surface area contributed by atoms with E-state index < -0.39 is 11.8 Å². The first-order valence-electron chi connectivity index (χ1n) is 8.66. The zero-order chi connectivity index (χ0) is 18.3. The number of carbonyl (C=O) groups excluding carboxylic acids is 1. The molecule has 5 nitrogen and oxygen atoms in total. The van der Waals surface area contributed by atoms with Crippen molar-refractivity contribution in [3.8, 4) is 11.1 Å². The van der Waals surface area contributed by atoms with Gasteiger partial charge in [0.25, 0.3) is 5.91 Å². The van der Waals surface area contributed by atoms with Gasteiger partial charge in [0.1, 0.15) is 10.7 Å². The van der Waals surface area contributed by atoms with Crippen LogP contribution >= 0.6 is 11.3 Å². The fourth-order valence-electron chi connectivity index (χ4n) is 3.83. The van der Waals surface area contributed by atoms with Crippen LogP contribution in [0.25, 0.3) is 11.1 Å². The average molecular weight is 374 g/mol. The molecule has 2 atom stereocenters. The van der Waals surface area contributed by atoms with Crippen molar-refractivity contribution in [3.63, 3.8) is 0 Å². The zero-order valence-electron chi connectivity index (χ0n) is 14.1. The summed E-state index contributed by atoms with van der Waals surface area (Å²) in [5.41, 5.74) is 1.45.